The highest BCUT2D eigenvalue weighted by molar-refractivity contribution is 7.91. The standard InChI is InChI=1S/C19H12F2O3S/c20-15-5-1-13(2-6-15)19(22)14-3-9-17(10-4-14)25(23,24)18-11-7-16(21)8-12-18/h1-12H. The van der Waals surface area contributed by atoms with Crippen molar-refractivity contribution in [3.8, 4) is 0 Å². The number of carbonyl (C=O) groups is 1. The lowest BCUT2D eigenvalue weighted by atomic mass is 10.0. The number of hydrogen-bond acceptors (Lipinski definition) is 3. The van der Waals surface area contributed by atoms with Gasteiger partial charge in [-0.2, -0.15) is 0 Å². The van der Waals surface area contributed by atoms with E-state index in [0.717, 1.165) is 12.1 Å². The highest BCUT2D eigenvalue weighted by Crippen LogP contribution is 2.22. The summed E-state index contributed by atoms with van der Waals surface area (Å²) in [6.07, 6.45) is 0. The van der Waals surface area contributed by atoms with E-state index in [4.69, 9.17) is 0 Å². The maximum absolute atomic E-state index is 12.9. The number of carbonyl (C=O) groups excluding carboxylic acids is 1. The van der Waals surface area contributed by atoms with E-state index in [2.05, 4.69) is 0 Å². The Morgan fingerprint density at radius 1 is 0.600 bits per heavy atom. The highest BCUT2D eigenvalue weighted by Gasteiger charge is 2.18. The Kier molecular flexibility index (Phi) is 4.46. The van der Waals surface area contributed by atoms with Crippen LogP contribution in [0, 0.1) is 11.6 Å². The molecule has 0 saturated carbocycles. The zero-order chi connectivity index (χ0) is 18.0. The first-order chi connectivity index (χ1) is 11.9. The Morgan fingerprint density at radius 2 is 0.920 bits per heavy atom. The molecule has 0 unspecified atom stereocenters. The van der Waals surface area contributed by atoms with Crippen LogP contribution in [0.3, 0.4) is 0 Å². The molecule has 0 aliphatic heterocycles. The molecule has 6 heteroatoms. The molecule has 0 amide bonds. The summed E-state index contributed by atoms with van der Waals surface area (Å²) in [7, 11) is -3.80. The molecule has 0 spiro atoms. The molecule has 3 aromatic carbocycles. The quantitative estimate of drug-likeness (QED) is 0.523. The summed E-state index contributed by atoms with van der Waals surface area (Å²) < 4.78 is 50.8. The van der Waals surface area contributed by atoms with Crippen LogP contribution in [0.2, 0.25) is 0 Å². The molecule has 0 bridgehead atoms. The molecule has 25 heavy (non-hydrogen) atoms. The van der Waals surface area contributed by atoms with E-state index < -0.39 is 21.5 Å². The third-order valence-corrected chi connectivity index (χ3v) is 5.44. The molecule has 0 aliphatic rings. The van der Waals surface area contributed by atoms with E-state index in [-0.39, 0.29) is 21.1 Å². The zero-order valence-corrected chi connectivity index (χ0v) is 13.6. The first-order valence-electron chi connectivity index (χ1n) is 7.29. The summed E-state index contributed by atoms with van der Waals surface area (Å²) in [5.41, 5.74) is 0.584. The summed E-state index contributed by atoms with van der Waals surface area (Å²) in [5, 5.41) is 0. The first-order valence-corrected chi connectivity index (χ1v) is 8.77. The van der Waals surface area contributed by atoms with Crippen molar-refractivity contribution in [2.24, 2.45) is 0 Å². The Bertz CT molecular complexity index is 1010. The zero-order valence-electron chi connectivity index (χ0n) is 12.8. The fourth-order valence-corrected chi connectivity index (χ4v) is 3.56. The van der Waals surface area contributed by atoms with E-state index in [1.807, 2.05) is 0 Å². The van der Waals surface area contributed by atoms with E-state index in [9.17, 15) is 22.0 Å². The lowest BCUT2D eigenvalue weighted by Crippen LogP contribution is -2.05. The van der Waals surface area contributed by atoms with Gasteiger partial charge < -0.3 is 0 Å². The van der Waals surface area contributed by atoms with Crippen LogP contribution in [0.25, 0.3) is 0 Å². The van der Waals surface area contributed by atoms with Gasteiger partial charge in [-0.15, -0.1) is 0 Å². The van der Waals surface area contributed by atoms with E-state index >= 15 is 0 Å². The molecule has 0 atom stereocenters. The third kappa shape index (κ3) is 3.49. The minimum absolute atomic E-state index is 0.00485. The monoisotopic (exact) mass is 358 g/mol. The molecular weight excluding hydrogens is 346 g/mol. The molecule has 3 rings (SSSR count). The SMILES string of the molecule is O=C(c1ccc(F)cc1)c1ccc(S(=O)(=O)c2ccc(F)cc2)cc1. The minimum atomic E-state index is -3.80. The fourth-order valence-electron chi connectivity index (χ4n) is 2.30. The molecule has 0 fully saturated rings. The summed E-state index contributed by atoms with van der Waals surface area (Å²) in [5.74, 6) is -1.32. The predicted molar refractivity (Wildman–Crippen MR) is 88.1 cm³/mol. The molecule has 0 N–H and O–H groups in total. The highest BCUT2D eigenvalue weighted by atomic mass is 32.2. The van der Waals surface area contributed by atoms with E-state index in [1.165, 1.54) is 60.7 Å². The molecule has 126 valence electrons. The van der Waals surface area contributed by atoms with Gasteiger partial charge in [0.05, 0.1) is 9.79 Å². The molecule has 0 aliphatic carbocycles. The number of benzene rings is 3. The van der Waals surface area contributed by atoms with Crippen molar-refractivity contribution in [3.05, 3.63) is 95.6 Å². The van der Waals surface area contributed by atoms with Crippen LogP contribution >= 0.6 is 0 Å². The van der Waals surface area contributed by atoms with Crippen LogP contribution in [-0.4, -0.2) is 14.2 Å². The molecule has 0 heterocycles. The largest absolute Gasteiger partial charge is 0.289 e. The van der Waals surface area contributed by atoms with Crippen molar-refractivity contribution in [2.45, 2.75) is 9.79 Å². The maximum Gasteiger partial charge on any atom is 0.206 e. The lowest BCUT2D eigenvalue weighted by molar-refractivity contribution is 0.103. The molecule has 0 radical (unpaired) electrons. The van der Waals surface area contributed by atoms with Crippen molar-refractivity contribution < 1.29 is 22.0 Å². The average Bonchev–Trinajstić information content (AvgIpc) is 2.62. The molecule has 0 aromatic heterocycles. The number of hydrogen-bond donors (Lipinski definition) is 0. The summed E-state index contributed by atoms with van der Waals surface area (Å²) in [4.78, 5) is 12.3. The second-order valence-electron chi connectivity index (χ2n) is 5.32. The van der Waals surface area contributed by atoms with Gasteiger partial charge in [-0.1, -0.05) is 0 Å². The number of halogens is 2. The van der Waals surface area contributed by atoms with Crippen molar-refractivity contribution in [2.75, 3.05) is 0 Å². The normalized spacial score (nSPS) is 11.3. The van der Waals surface area contributed by atoms with Crippen molar-refractivity contribution in [3.63, 3.8) is 0 Å². The molecule has 0 saturated heterocycles. The smallest absolute Gasteiger partial charge is 0.206 e. The second kappa shape index (κ2) is 6.57. The topological polar surface area (TPSA) is 51.2 Å². The second-order valence-corrected chi connectivity index (χ2v) is 7.27. The van der Waals surface area contributed by atoms with Crippen LogP contribution in [0.4, 0.5) is 8.78 Å². The Hall–Kier alpha value is -2.86. The Balaban J connectivity index is 1.90. The van der Waals surface area contributed by atoms with E-state index in [0.29, 0.717) is 5.56 Å². The molecular formula is C19H12F2O3S. The maximum atomic E-state index is 12.9. The minimum Gasteiger partial charge on any atom is -0.289 e. The number of sulfone groups is 1. The molecule has 3 aromatic rings. The average molecular weight is 358 g/mol. The van der Waals surface area contributed by atoms with Gasteiger partial charge in [-0.3, -0.25) is 4.79 Å². The summed E-state index contributed by atoms with van der Waals surface area (Å²) >= 11 is 0. The molecule has 3 nitrogen and oxygen atoms in total. The Morgan fingerprint density at radius 3 is 1.36 bits per heavy atom. The van der Waals surface area contributed by atoms with Crippen molar-refractivity contribution in [1.29, 1.82) is 0 Å². The predicted octanol–water partition coefficient (Wildman–Crippen LogP) is 4.03. The van der Waals surface area contributed by atoms with Crippen LogP contribution in [0.15, 0.2) is 82.6 Å². The van der Waals surface area contributed by atoms with E-state index in [1.54, 1.807) is 0 Å². The van der Waals surface area contributed by atoms with Gasteiger partial charge in [-0.05, 0) is 72.8 Å². The van der Waals surface area contributed by atoms with Gasteiger partial charge in [0.2, 0.25) is 9.84 Å². The van der Waals surface area contributed by atoms with Crippen LogP contribution in [-0.2, 0) is 9.84 Å². The van der Waals surface area contributed by atoms with Gasteiger partial charge >= 0.3 is 0 Å². The lowest BCUT2D eigenvalue weighted by Gasteiger charge is -2.06. The van der Waals surface area contributed by atoms with Gasteiger partial charge in [0.1, 0.15) is 11.6 Å². The van der Waals surface area contributed by atoms with Crippen LogP contribution in [0.5, 0.6) is 0 Å². The summed E-state index contributed by atoms with van der Waals surface area (Å²) in [6.45, 7) is 0. The number of rotatable bonds is 4. The van der Waals surface area contributed by atoms with Crippen molar-refractivity contribution in [1.82, 2.24) is 0 Å². The summed E-state index contributed by atoms with van der Waals surface area (Å²) in [6, 6.07) is 15.0. The van der Waals surface area contributed by atoms with Crippen molar-refractivity contribution >= 4 is 15.6 Å². The first kappa shape index (κ1) is 17.0. The van der Waals surface area contributed by atoms with Gasteiger partial charge in [0, 0.05) is 11.1 Å². The fraction of sp³-hybridized carbons (Fsp3) is 0. The van der Waals surface area contributed by atoms with Gasteiger partial charge in [0.25, 0.3) is 0 Å². The van der Waals surface area contributed by atoms with Gasteiger partial charge in [-0.25, -0.2) is 17.2 Å². The van der Waals surface area contributed by atoms with Gasteiger partial charge in [0.15, 0.2) is 5.78 Å². The number of ketones is 1. The Labute approximate surface area is 143 Å². The van der Waals surface area contributed by atoms with Crippen LogP contribution < -0.4 is 0 Å². The van der Waals surface area contributed by atoms with Crippen LogP contribution in [0.1, 0.15) is 15.9 Å². The third-order valence-electron chi connectivity index (χ3n) is 3.66.